The Morgan fingerprint density at radius 2 is 1.45 bits per heavy atom. The van der Waals surface area contributed by atoms with E-state index in [1.807, 2.05) is 0 Å². The van der Waals surface area contributed by atoms with Crippen molar-refractivity contribution in [3.63, 3.8) is 0 Å². The summed E-state index contributed by atoms with van der Waals surface area (Å²) in [4.78, 5) is 0. The highest BCUT2D eigenvalue weighted by Gasteiger charge is 2.29. The molecule has 166 valence electrons. The Bertz CT molecular complexity index is 1350. The molecule has 1 heteroatoms. The van der Waals surface area contributed by atoms with E-state index in [1.165, 1.54) is 61.3 Å². The fourth-order valence-corrected chi connectivity index (χ4v) is 5.62. The second-order valence-corrected chi connectivity index (χ2v) is 10.9. The Morgan fingerprint density at radius 1 is 0.788 bits per heavy atom. The molecule has 0 N–H and O–H groups in total. The maximum absolute atomic E-state index is 2.47. The van der Waals surface area contributed by atoms with Crippen LogP contribution in [-0.4, -0.2) is 0 Å². The highest BCUT2D eigenvalue weighted by atomic mass is 14.9. The van der Waals surface area contributed by atoms with Gasteiger partial charge in [-0.25, -0.2) is 4.57 Å². The number of fused-ring (bicyclic) bond motifs is 3. The summed E-state index contributed by atoms with van der Waals surface area (Å²) in [5.41, 5.74) is 15.5. The molecule has 0 unspecified atom stereocenters. The van der Waals surface area contributed by atoms with Crippen molar-refractivity contribution in [1.29, 1.82) is 0 Å². The monoisotopic (exact) mass is 432 g/mol. The molecular formula is C32H34N+. The van der Waals surface area contributed by atoms with E-state index in [-0.39, 0.29) is 5.41 Å². The summed E-state index contributed by atoms with van der Waals surface area (Å²) >= 11 is 0. The first-order valence-corrected chi connectivity index (χ1v) is 12.0. The van der Waals surface area contributed by atoms with Gasteiger partial charge in [0.05, 0.1) is 5.56 Å². The number of benzene rings is 3. The van der Waals surface area contributed by atoms with Crippen LogP contribution in [0, 0.1) is 19.3 Å². The van der Waals surface area contributed by atoms with E-state index in [4.69, 9.17) is 0 Å². The van der Waals surface area contributed by atoms with Gasteiger partial charge in [-0.3, -0.25) is 0 Å². The average molecular weight is 433 g/mol. The maximum Gasteiger partial charge on any atom is 0.213 e. The Morgan fingerprint density at radius 3 is 2.18 bits per heavy atom. The standard InChI is InChI=1S/C32H34N/c1-21-16-22(2)31(27-17-24-14-10-11-15-26(24)30(21)27)29-18-25(19-32(3,4)5)28(20-33(29)6)23-12-8-7-9-13-23/h7-16,18,20H,17,19H2,1-6H3/q+1. The third-order valence-corrected chi connectivity index (χ3v) is 6.90. The zero-order valence-electron chi connectivity index (χ0n) is 20.8. The van der Waals surface area contributed by atoms with Gasteiger partial charge in [-0.15, -0.1) is 0 Å². The van der Waals surface area contributed by atoms with E-state index in [2.05, 4.69) is 119 Å². The van der Waals surface area contributed by atoms with Gasteiger partial charge in [0, 0.05) is 11.6 Å². The molecule has 0 aliphatic heterocycles. The second-order valence-electron chi connectivity index (χ2n) is 10.9. The topological polar surface area (TPSA) is 3.88 Å². The highest BCUT2D eigenvalue weighted by Crippen LogP contribution is 2.45. The molecule has 0 radical (unpaired) electrons. The van der Waals surface area contributed by atoms with Crippen LogP contribution in [0.25, 0.3) is 33.5 Å². The molecule has 0 atom stereocenters. The first-order chi connectivity index (χ1) is 15.7. The summed E-state index contributed by atoms with van der Waals surface area (Å²) in [6.45, 7) is 11.5. The number of rotatable bonds is 3. The minimum atomic E-state index is 0.210. The Balaban J connectivity index is 1.76. The van der Waals surface area contributed by atoms with Gasteiger partial charge in [0.15, 0.2) is 6.20 Å². The first-order valence-electron chi connectivity index (χ1n) is 12.0. The molecular weight excluding hydrogens is 398 g/mol. The zero-order valence-corrected chi connectivity index (χ0v) is 20.8. The van der Waals surface area contributed by atoms with Gasteiger partial charge < -0.3 is 0 Å². The lowest BCUT2D eigenvalue weighted by Gasteiger charge is -2.21. The molecule has 1 aliphatic carbocycles. The average Bonchev–Trinajstić information content (AvgIpc) is 3.15. The third kappa shape index (κ3) is 3.91. The fraction of sp³-hybridized carbons (Fsp3) is 0.281. The molecule has 5 rings (SSSR count). The number of hydrogen-bond donors (Lipinski definition) is 0. The van der Waals surface area contributed by atoms with Crippen LogP contribution in [0.5, 0.6) is 0 Å². The van der Waals surface area contributed by atoms with Crippen LogP contribution >= 0.6 is 0 Å². The highest BCUT2D eigenvalue weighted by molar-refractivity contribution is 5.87. The van der Waals surface area contributed by atoms with Crippen molar-refractivity contribution in [3.05, 3.63) is 101 Å². The van der Waals surface area contributed by atoms with Crippen molar-refractivity contribution < 1.29 is 4.57 Å². The van der Waals surface area contributed by atoms with Crippen molar-refractivity contribution in [1.82, 2.24) is 0 Å². The van der Waals surface area contributed by atoms with Crippen molar-refractivity contribution in [2.75, 3.05) is 0 Å². The van der Waals surface area contributed by atoms with Crippen LogP contribution in [0.15, 0.2) is 72.9 Å². The summed E-state index contributed by atoms with van der Waals surface area (Å²) in [6.07, 6.45) is 4.40. The van der Waals surface area contributed by atoms with E-state index in [9.17, 15) is 0 Å². The number of hydrogen-bond acceptors (Lipinski definition) is 0. The number of nitrogens with zero attached hydrogens (tertiary/aromatic N) is 1. The van der Waals surface area contributed by atoms with Gasteiger partial charge >= 0.3 is 0 Å². The van der Waals surface area contributed by atoms with Crippen LogP contribution < -0.4 is 4.57 Å². The number of aromatic nitrogens is 1. The predicted octanol–water partition coefficient (Wildman–Crippen LogP) is 7.62. The summed E-state index contributed by atoms with van der Waals surface area (Å²) in [6, 6.07) is 24.6. The van der Waals surface area contributed by atoms with Gasteiger partial charge in [-0.05, 0) is 76.6 Å². The molecule has 1 aromatic heterocycles. The predicted molar refractivity (Wildman–Crippen MR) is 139 cm³/mol. The van der Waals surface area contributed by atoms with Crippen molar-refractivity contribution in [3.8, 4) is 33.5 Å². The molecule has 1 heterocycles. The lowest BCUT2D eigenvalue weighted by atomic mass is 9.84. The molecule has 3 aromatic carbocycles. The summed E-state index contributed by atoms with van der Waals surface area (Å²) in [5, 5.41) is 0. The number of aryl methyl sites for hydroxylation is 3. The van der Waals surface area contributed by atoms with Crippen molar-refractivity contribution >= 4 is 0 Å². The Hall–Kier alpha value is -3.19. The summed E-state index contributed by atoms with van der Waals surface area (Å²) in [7, 11) is 2.20. The molecule has 1 nitrogen and oxygen atoms in total. The van der Waals surface area contributed by atoms with Gasteiger partial charge in [0.25, 0.3) is 0 Å². The molecule has 0 bridgehead atoms. The molecule has 0 spiro atoms. The van der Waals surface area contributed by atoms with E-state index in [1.54, 1.807) is 0 Å². The Labute approximate surface area is 198 Å². The largest absolute Gasteiger partial charge is 0.213 e. The summed E-state index contributed by atoms with van der Waals surface area (Å²) < 4.78 is 2.34. The SMILES string of the molecule is Cc1cc(C)c(-c2cc(CC(C)(C)C)c(-c3ccccc3)c[n+]2C)c2c1-c1ccccc1C2. The second kappa shape index (κ2) is 7.99. The lowest BCUT2D eigenvalue weighted by Crippen LogP contribution is -2.32. The van der Waals surface area contributed by atoms with Gasteiger partial charge in [-0.2, -0.15) is 0 Å². The molecule has 1 aliphatic rings. The molecule has 0 saturated heterocycles. The van der Waals surface area contributed by atoms with Gasteiger partial charge in [0.1, 0.15) is 7.05 Å². The lowest BCUT2D eigenvalue weighted by molar-refractivity contribution is -0.660. The zero-order chi connectivity index (χ0) is 23.3. The molecule has 33 heavy (non-hydrogen) atoms. The Kier molecular flexibility index (Phi) is 5.24. The number of pyridine rings is 1. The van der Waals surface area contributed by atoms with Gasteiger partial charge in [-0.1, -0.05) is 81.4 Å². The van der Waals surface area contributed by atoms with Crippen LogP contribution in [0.4, 0.5) is 0 Å². The van der Waals surface area contributed by atoms with Crippen LogP contribution in [0.3, 0.4) is 0 Å². The van der Waals surface area contributed by atoms with Crippen LogP contribution in [-0.2, 0) is 19.9 Å². The minimum absolute atomic E-state index is 0.210. The van der Waals surface area contributed by atoms with E-state index in [0.717, 1.165) is 12.8 Å². The molecule has 0 saturated carbocycles. The van der Waals surface area contributed by atoms with Gasteiger partial charge in [0.2, 0.25) is 5.69 Å². The molecule has 0 amide bonds. The quantitative estimate of drug-likeness (QED) is 0.258. The van der Waals surface area contributed by atoms with Crippen molar-refractivity contribution in [2.24, 2.45) is 12.5 Å². The molecule has 0 fully saturated rings. The smallest absolute Gasteiger partial charge is 0.200 e. The van der Waals surface area contributed by atoms with E-state index >= 15 is 0 Å². The third-order valence-electron chi connectivity index (χ3n) is 6.90. The first kappa shape index (κ1) is 21.6. The summed E-state index contributed by atoms with van der Waals surface area (Å²) in [5.74, 6) is 0. The van der Waals surface area contributed by atoms with Crippen LogP contribution in [0.1, 0.15) is 48.6 Å². The van der Waals surface area contributed by atoms with Crippen molar-refractivity contribution in [2.45, 2.75) is 47.5 Å². The van der Waals surface area contributed by atoms with E-state index in [0.29, 0.717) is 0 Å². The maximum atomic E-state index is 2.47. The van der Waals surface area contributed by atoms with Crippen LogP contribution in [0.2, 0.25) is 0 Å². The van der Waals surface area contributed by atoms with E-state index < -0.39 is 0 Å². The molecule has 4 aromatic rings. The normalized spacial score (nSPS) is 12.5. The minimum Gasteiger partial charge on any atom is -0.200 e. The fourth-order valence-electron chi connectivity index (χ4n) is 5.62.